The molecule has 2 aromatic carbocycles. The highest BCUT2D eigenvalue weighted by Crippen LogP contribution is 2.28. The van der Waals surface area contributed by atoms with E-state index in [0.29, 0.717) is 5.75 Å². The van der Waals surface area contributed by atoms with Crippen molar-refractivity contribution in [3.05, 3.63) is 71.8 Å². The van der Waals surface area contributed by atoms with Crippen LogP contribution in [0.5, 0.6) is 0 Å². The van der Waals surface area contributed by atoms with Crippen molar-refractivity contribution in [3.8, 4) is 0 Å². The fraction of sp³-hybridized carbons (Fsp3) is 0.188. The van der Waals surface area contributed by atoms with Gasteiger partial charge in [0.1, 0.15) is 0 Å². The molecular formula is C16H16N2OS. The lowest BCUT2D eigenvalue weighted by molar-refractivity contribution is 0.0252. The first-order valence-electron chi connectivity index (χ1n) is 6.55. The number of nitrogens with one attached hydrogen (secondary N) is 1. The molecule has 1 aliphatic heterocycles. The zero-order valence-electron chi connectivity index (χ0n) is 11.0. The molecule has 0 fully saturated rings. The summed E-state index contributed by atoms with van der Waals surface area (Å²) >= 11 is 1.60. The average molecular weight is 284 g/mol. The molecule has 0 saturated heterocycles. The maximum atomic E-state index is 10.6. The number of thioether (sulfide) groups is 1. The molecule has 102 valence electrons. The molecule has 4 heteroatoms. The Bertz CT molecular complexity index is 600. The van der Waals surface area contributed by atoms with Gasteiger partial charge in [0.05, 0.1) is 10.8 Å². The quantitative estimate of drug-likeness (QED) is 0.911. The Balaban J connectivity index is 1.72. The molecule has 1 heterocycles. The monoisotopic (exact) mass is 284 g/mol. The van der Waals surface area contributed by atoms with E-state index < -0.39 is 5.72 Å². The molecule has 1 aliphatic rings. The zero-order valence-corrected chi connectivity index (χ0v) is 11.8. The van der Waals surface area contributed by atoms with Crippen LogP contribution >= 0.6 is 11.8 Å². The number of hydrazone groups is 1. The van der Waals surface area contributed by atoms with E-state index in [2.05, 4.69) is 22.7 Å². The van der Waals surface area contributed by atoms with Crippen molar-refractivity contribution < 1.29 is 5.11 Å². The van der Waals surface area contributed by atoms with Crippen LogP contribution in [-0.4, -0.2) is 15.9 Å². The smallest absolute Gasteiger partial charge is 0.186 e. The van der Waals surface area contributed by atoms with Crippen molar-refractivity contribution in [2.24, 2.45) is 5.10 Å². The van der Waals surface area contributed by atoms with E-state index in [4.69, 9.17) is 0 Å². The molecule has 0 bridgehead atoms. The topological polar surface area (TPSA) is 44.6 Å². The first-order chi connectivity index (χ1) is 9.76. The van der Waals surface area contributed by atoms with Gasteiger partial charge in [0, 0.05) is 12.0 Å². The Hall–Kier alpha value is -1.78. The van der Waals surface area contributed by atoms with E-state index in [1.807, 2.05) is 48.5 Å². The minimum atomic E-state index is -1.08. The number of rotatable bonds is 3. The summed E-state index contributed by atoms with van der Waals surface area (Å²) in [5, 5.41) is 15.9. The van der Waals surface area contributed by atoms with Gasteiger partial charge in [-0.15, -0.1) is 11.8 Å². The largest absolute Gasteiger partial charge is 0.365 e. The Morgan fingerprint density at radius 3 is 2.30 bits per heavy atom. The lowest BCUT2D eigenvalue weighted by atomic mass is 10.1. The number of hydrogen-bond donors (Lipinski definition) is 2. The van der Waals surface area contributed by atoms with E-state index in [0.717, 1.165) is 17.0 Å². The van der Waals surface area contributed by atoms with Gasteiger partial charge in [-0.3, -0.25) is 5.43 Å². The molecule has 0 spiro atoms. The van der Waals surface area contributed by atoms with Crippen LogP contribution in [0.4, 0.5) is 0 Å². The summed E-state index contributed by atoms with van der Waals surface area (Å²) in [4.78, 5) is 0. The molecule has 2 N–H and O–H groups in total. The highest BCUT2D eigenvalue weighted by Gasteiger charge is 2.32. The zero-order chi connectivity index (χ0) is 13.8. The number of benzene rings is 2. The van der Waals surface area contributed by atoms with Crippen molar-refractivity contribution in [1.82, 2.24) is 5.43 Å². The number of hydrogen-bond acceptors (Lipinski definition) is 4. The maximum absolute atomic E-state index is 10.6. The van der Waals surface area contributed by atoms with Crippen LogP contribution in [0, 0.1) is 0 Å². The van der Waals surface area contributed by atoms with Gasteiger partial charge in [-0.2, -0.15) is 5.10 Å². The molecule has 0 radical (unpaired) electrons. The molecular weight excluding hydrogens is 268 g/mol. The van der Waals surface area contributed by atoms with Gasteiger partial charge in [-0.05, 0) is 5.56 Å². The first-order valence-corrected chi connectivity index (χ1v) is 7.53. The minimum absolute atomic E-state index is 0.558. The molecule has 1 unspecified atom stereocenters. The SMILES string of the molecule is OC1(c2ccccc2)CSC(Cc2ccccc2)=NN1. The summed E-state index contributed by atoms with van der Waals surface area (Å²) in [6, 6.07) is 19.8. The Morgan fingerprint density at radius 1 is 1.05 bits per heavy atom. The fourth-order valence-corrected chi connectivity index (χ4v) is 3.12. The van der Waals surface area contributed by atoms with E-state index >= 15 is 0 Å². The Kier molecular flexibility index (Phi) is 3.76. The lowest BCUT2D eigenvalue weighted by Gasteiger charge is -2.31. The summed E-state index contributed by atoms with van der Waals surface area (Å²) < 4.78 is 0. The van der Waals surface area contributed by atoms with E-state index in [1.54, 1.807) is 11.8 Å². The fourth-order valence-electron chi connectivity index (χ4n) is 2.13. The summed E-state index contributed by atoms with van der Waals surface area (Å²) in [6.45, 7) is 0. The van der Waals surface area contributed by atoms with Crippen LogP contribution in [0.3, 0.4) is 0 Å². The molecule has 3 nitrogen and oxygen atoms in total. The van der Waals surface area contributed by atoms with Crippen molar-refractivity contribution in [3.63, 3.8) is 0 Å². The molecule has 0 aromatic heterocycles. The van der Waals surface area contributed by atoms with E-state index in [9.17, 15) is 5.11 Å². The van der Waals surface area contributed by atoms with Gasteiger partial charge in [0.15, 0.2) is 5.72 Å². The van der Waals surface area contributed by atoms with Crippen molar-refractivity contribution in [2.45, 2.75) is 12.1 Å². The van der Waals surface area contributed by atoms with Crippen LogP contribution in [-0.2, 0) is 12.1 Å². The lowest BCUT2D eigenvalue weighted by Crippen LogP contribution is -2.45. The molecule has 0 saturated carbocycles. The van der Waals surface area contributed by atoms with Gasteiger partial charge in [-0.1, -0.05) is 60.7 Å². The number of nitrogens with zero attached hydrogens (tertiary/aromatic N) is 1. The highest BCUT2D eigenvalue weighted by atomic mass is 32.2. The van der Waals surface area contributed by atoms with Crippen molar-refractivity contribution in [2.75, 3.05) is 5.75 Å². The van der Waals surface area contributed by atoms with Gasteiger partial charge in [0.2, 0.25) is 0 Å². The summed E-state index contributed by atoms with van der Waals surface area (Å²) in [5.41, 5.74) is 3.90. The van der Waals surface area contributed by atoms with Gasteiger partial charge in [-0.25, -0.2) is 0 Å². The molecule has 0 aliphatic carbocycles. The van der Waals surface area contributed by atoms with Gasteiger partial charge in [0.25, 0.3) is 0 Å². The molecule has 0 amide bonds. The predicted molar refractivity (Wildman–Crippen MR) is 83.5 cm³/mol. The second kappa shape index (κ2) is 5.69. The normalized spacial score (nSPS) is 21.9. The first kappa shape index (κ1) is 13.2. The van der Waals surface area contributed by atoms with E-state index in [1.165, 1.54) is 5.56 Å². The summed E-state index contributed by atoms with van der Waals surface area (Å²) in [5.74, 6) is 0.558. The van der Waals surface area contributed by atoms with Crippen LogP contribution in [0.2, 0.25) is 0 Å². The minimum Gasteiger partial charge on any atom is -0.365 e. The predicted octanol–water partition coefficient (Wildman–Crippen LogP) is 2.72. The summed E-state index contributed by atoms with van der Waals surface area (Å²) in [6.07, 6.45) is 0.795. The maximum Gasteiger partial charge on any atom is 0.186 e. The molecule has 20 heavy (non-hydrogen) atoms. The van der Waals surface area contributed by atoms with Gasteiger partial charge < -0.3 is 5.11 Å². The van der Waals surface area contributed by atoms with Crippen LogP contribution in [0.15, 0.2) is 65.8 Å². The molecule has 3 rings (SSSR count). The third-order valence-electron chi connectivity index (χ3n) is 3.26. The second-order valence-corrected chi connectivity index (χ2v) is 5.84. The third-order valence-corrected chi connectivity index (χ3v) is 4.39. The number of aliphatic hydroxyl groups is 1. The van der Waals surface area contributed by atoms with Gasteiger partial charge >= 0.3 is 0 Å². The second-order valence-electron chi connectivity index (χ2n) is 4.79. The van der Waals surface area contributed by atoms with Crippen LogP contribution < -0.4 is 5.43 Å². The highest BCUT2D eigenvalue weighted by molar-refractivity contribution is 8.14. The molecule has 2 aromatic rings. The average Bonchev–Trinajstić information content (AvgIpc) is 2.52. The summed E-state index contributed by atoms with van der Waals surface area (Å²) in [7, 11) is 0. The standard InChI is InChI=1S/C16H16N2OS/c19-16(14-9-5-2-6-10-14)12-20-15(17-18-16)11-13-7-3-1-4-8-13/h1-10,18-19H,11-12H2. The molecule has 1 atom stereocenters. The van der Waals surface area contributed by atoms with Crippen LogP contribution in [0.1, 0.15) is 11.1 Å². The van der Waals surface area contributed by atoms with Crippen LogP contribution in [0.25, 0.3) is 0 Å². The Labute approximate surface area is 122 Å². The van der Waals surface area contributed by atoms with Crippen molar-refractivity contribution >= 4 is 16.8 Å². The third kappa shape index (κ3) is 2.86. The van der Waals surface area contributed by atoms with Crippen molar-refractivity contribution in [1.29, 1.82) is 0 Å². The van der Waals surface area contributed by atoms with E-state index in [-0.39, 0.29) is 0 Å². The Morgan fingerprint density at radius 2 is 1.70 bits per heavy atom.